The summed E-state index contributed by atoms with van der Waals surface area (Å²) in [7, 11) is 0. The van der Waals surface area contributed by atoms with Gasteiger partial charge >= 0.3 is 0 Å². The van der Waals surface area contributed by atoms with Gasteiger partial charge in [-0.25, -0.2) is 0 Å². The molecule has 0 aliphatic heterocycles. The third kappa shape index (κ3) is 8.73. The SMILES string of the molecule is CCC(C)c1ccccc1OCC(=O)NNC(=S)NC(=O)c1ccccc1OCCC(C)C. The maximum atomic E-state index is 12.6. The molecule has 3 N–H and O–H groups in total. The van der Waals surface area contributed by atoms with Gasteiger partial charge in [0.15, 0.2) is 11.7 Å². The minimum atomic E-state index is -0.430. The molecule has 0 fully saturated rings. The Morgan fingerprint density at radius 2 is 1.61 bits per heavy atom. The molecule has 0 aliphatic carbocycles. The summed E-state index contributed by atoms with van der Waals surface area (Å²) in [5, 5.41) is 2.51. The van der Waals surface area contributed by atoms with Crippen LogP contribution in [-0.2, 0) is 4.79 Å². The van der Waals surface area contributed by atoms with Crippen molar-refractivity contribution in [3.63, 3.8) is 0 Å². The van der Waals surface area contributed by atoms with Crippen molar-refractivity contribution in [2.45, 2.75) is 46.5 Å². The van der Waals surface area contributed by atoms with Crippen molar-refractivity contribution in [2.24, 2.45) is 5.92 Å². The van der Waals surface area contributed by atoms with Crippen molar-refractivity contribution < 1.29 is 19.1 Å². The molecule has 0 saturated heterocycles. The van der Waals surface area contributed by atoms with E-state index >= 15 is 0 Å². The molecule has 0 radical (unpaired) electrons. The van der Waals surface area contributed by atoms with Gasteiger partial charge in [0.25, 0.3) is 11.8 Å². The number of carbonyl (C=O) groups excluding carboxylic acids is 2. The summed E-state index contributed by atoms with van der Waals surface area (Å²) in [4.78, 5) is 24.8. The monoisotopic (exact) mass is 471 g/mol. The normalized spacial score (nSPS) is 11.4. The minimum absolute atomic E-state index is 0.0367. The Morgan fingerprint density at radius 3 is 2.30 bits per heavy atom. The van der Waals surface area contributed by atoms with E-state index in [4.69, 9.17) is 21.7 Å². The smallest absolute Gasteiger partial charge is 0.276 e. The number of hydrazine groups is 1. The number of hydrogen-bond acceptors (Lipinski definition) is 5. The number of benzene rings is 2. The molecule has 178 valence electrons. The molecule has 2 aromatic carbocycles. The number of ether oxygens (including phenoxy) is 2. The molecule has 0 aliphatic rings. The lowest BCUT2D eigenvalue weighted by Crippen LogP contribution is -2.49. The first-order valence-corrected chi connectivity index (χ1v) is 11.6. The average Bonchev–Trinajstić information content (AvgIpc) is 2.81. The number of thiocarbonyl (C=S) groups is 1. The van der Waals surface area contributed by atoms with Crippen LogP contribution in [0.5, 0.6) is 11.5 Å². The fourth-order valence-corrected chi connectivity index (χ4v) is 3.07. The fourth-order valence-electron chi connectivity index (χ4n) is 2.93. The van der Waals surface area contributed by atoms with Crippen LogP contribution in [0.15, 0.2) is 48.5 Å². The maximum Gasteiger partial charge on any atom is 0.276 e. The Kier molecular flexibility index (Phi) is 10.6. The zero-order chi connectivity index (χ0) is 24.2. The van der Waals surface area contributed by atoms with Gasteiger partial charge < -0.3 is 9.47 Å². The Bertz CT molecular complexity index is 949. The first-order chi connectivity index (χ1) is 15.8. The number of amides is 2. The molecule has 0 saturated carbocycles. The van der Waals surface area contributed by atoms with E-state index in [1.165, 1.54) is 0 Å². The third-order valence-corrected chi connectivity index (χ3v) is 5.25. The lowest BCUT2D eigenvalue weighted by molar-refractivity contribution is -0.123. The Labute approximate surface area is 201 Å². The average molecular weight is 472 g/mol. The second-order valence-corrected chi connectivity index (χ2v) is 8.53. The summed E-state index contributed by atoms with van der Waals surface area (Å²) >= 11 is 5.12. The first-order valence-electron chi connectivity index (χ1n) is 11.2. The van der Waals surface area contributed by atoms with Crippen LogP contribution in [-0.4, -0.2) is 30.1 Å². The summed E-state index contributed by atoms with van der Waals surface area (Å²) in [6, 6.07) is 14.6. The van der Waals surface area contributed by atoms with Gasteiger partial charge in [0.2, 0.25) is 0 Å². The Balaban J connectivity index is 1.82. The lowest BCUT2D eigenvalue weighted by atomic mass is 9.98. The van der Waals surface area contributed by atoms with E-state index in [0.717, 1.165) is 18.4 Å². The van der Waals surface area contributed by atoms with Gasteiger partial charge in [-0.05, 0) is 60.7 Å². The minimum Gasteiger partial charge on any atom is -0.493 e. The van der Waals surface area contributed by atoms with Gasteiger partial charge in [-0.15, -0.1) is 0 Å². The standard InChI is InChI=1S/C25H33N3O4S/c1-5-18(4)19-10-6-8-12-21(19)32-16-23(29)27-28-25(33)26-24(30)20-11-7-9-13-22(20)31-15-14-17(2)3/h6-13,17-18H,5,14-16H2,1-4H3,(H,27,29)(H2,26,28,30,33). The molecule has 1 unspecified atom stereocenters. The number of rotatable bonds is 10. The topological polar surface area (TPSA) is 88.7 Å². The molecule has 0 heterocycles. The van der Waals surface area contributed by atoms with Gasteiger partial charge in [0.1, 0.15) is 11.5 Å². The van der Waals surface area contributed by atoms with E-state index in [9.17, 15) is 9.59 Å². The molecular formula is C25H33N3O4S. The summed E-state index contributed by atoms with van der Waals surface area (Å²) in [6.45, 7) is 8.75. The van der Waals surface area contributed by atoms with Crippen LogP contribution in [0.3, 0.4) is 0 Å². The molecule has 2 rings (SSSR count). The predicted octanol–water partition coefficient (Wildman–Crippen LogP) is 4.34. The highest BCUT2D eigenvalue weighted by Crippen LogP contribution is 2.28. The molecule has 1 atom stereocenters. The van der Waals surface area contributed by atoms with Crippen molar-refractivity contribution in [1.29, 1.82) is 0 Å². The molecule has 8 heteroatoms. The quantitative estimate of drug-likeness (QED) is 0.353. The highest BCUT2D eigenvalue weighted by Gasteiger charge is 2.15. The van der Waals surface area contributed by atoms with E-state index in [2.05, 4.69) is 43.9 Å². The number of para-hydroxylation sites is 2. The summed E-state index contributed by atoms with van der Waals surface area (Å²) in [6.07, 6.45) is 1.85. The summed E-state index contributed by atoms with van der Waals surface area (Å²) in [5.41, 5.74) is 6.37. The van der Waals surface area contributed by atoms with Crippen molar-refractivity contribution >= 4 is 29.1 Å². The molecule has 33 heavy (non-hydrogen) atoms. The molecular weight excluding hydrogens is 438 g/mol. The number of hydrogen-bond donors (Lipinski definition) is 3. The fraction of sp³-hybridized carbons (Fsp3) is 0.400. The zero-order valence-electron chi connectivity index (χ0n) is 19.6. The van der Waals surface area contributed by atoms with Gasteiger partial charge in [-0.1, -0.05) is 58.0 Å². The second-order valence-electron chi connectivity index (χ2n) is 8.12. The molecule has 7 nitrogen and oxygen atoms in total. The molecule has 0 bridgehead atoms. The molecule has 0 spiro atoms. The van der Waals surface area contributed by atoms with E-state index in [1.54, 1.807) is 24.3 Å². The van der Waals surface area contributed by atoms with E-state index in [1.807, 2.05) is 24.3 Å². The van der Waals surface area contributed by atoms with Crippen molar-refractivity contribution in [1.82, 2.24) is 16.2 Å². The third-order valence-electron chi connectivity index (χ3n) is 5.05. The second kappa shape index (κ2) is 13.4. The van der Waals surface area contributed by atoms with Gasteiger partial charge in [-0.2, -0.15) is 0 Å². The largest absolute Gasteiger partial charge is 0.493 e. The molecule has 2 aromatic rings. The van der Waals surface area contributed by atoms with Crippen LogP contribution in [0.4, 0.5) is 0 Å². The van der Waals surface area contributed by atoms with Crippen LogP contribution in [0.2, 0.25) is 0 Å². The van der Waals surface area contributed by atoms with Crippen LogP contribution in [0, 0.1) is 5.92 Å². The Hall–Kier alpha value is -3.13. The van der Waals surface area contributed by atoms with Crippen LogP contribution in [0.1, 0.15) is 62.4 Å². The predicted molar refractivity (Wildman–Crippen MR) is 133 cm³/mol. The van der Waals surface area contributed by atoms with Gasteiger partial charge in [0, 0.05) is 0 Å². The van der Waals surface area contributed by atoms with Crippen molar-refractivity contribution in [3.05, 3.63) is 59.7 Å². The van der Waals surface area contributed by atoms with Crippen LogP contribution in [0.25, 0.3) is 0 Å². The van der Waals surface area contributed by atoms with Gasteiger partial charge in [-0.3, -0.25) is 25.8 Å². The number of nitrogens with one attached hydrogen (secondary N) is 3. The highest BCUT2D eigenvalue weighted by molar-refractivity contribution is 7.80. The highest BCUT2D eigenvalue weighted by atomic mass is 32.1. The first kappa shape index (κ1) is 26.1. The summed E-state index contributed by atoms with van der Waals surface area (Å²) < 4.78 is 11.4. The van der Waals surface area contributed by atoms with Crippen molar-refractivity contribution in [3.8, 4) is 11.5 Å². The molecule has 2 amide bonds. The van der Waals surface area contributed by atoms with E-state index in [-0.39, 0.29) is 11.7 Å². The van der Waals surface area contributed by atoms with Crippen LogP contribution >= 0.6 is 12.2 Å². The van der Waals surface area contributed by atoms with Crippen LogP contribution < -0.4 is 25.6 Å². The van der Waals surface area contributed by atoms with Crippen molar-refractivity contribution in [2.75, 3.05) is 13.2 Å². The number of carbonyl (C=O) groups is 2. The zero-order valence-corrected chi connectivity index (χ0v) is 20.5. The lowest BCUT2D eigenvalue weighted by Gasteiger charge is -2.16. The summed E-state index contributed by atoms with van der Waals surface area (Å²) in [5.74, 6) is 1.12. The van der Waals surface area contributed by atoms with E-state index < -0.39 is 11.8 Å². The van der Waals surface area contributed by atoms with Gasteiger partial charge in [0.05, 0.1) is 12.2 Å². The maximum absolute atomic E-state index is 12.6. The Morgan fingerprint density at radius 1 is 0.939 bits per heavy atom. The molecule has 0 aromatic heterocycles. The van der Waals surface area contributed by atoms with E-state index in [0.29, 0.717) is 35.5 Å².